The number of hydrogen-bond acceptors (Lipinski definition) is 6. The van der Waals surface area contributed by atoms with Crippen molar-refractivity contribution in [2.24, 2.45) is 10.8 Å². The molecule has 4 heterocycles. The van der Waals surface area contributed by atoms with Crippen molar-refractivity contribution < 1.29 is 28.4 Å². The van der Waals surface area contributed by atoms with Crippen molar-refractivity contribution >= 4 is 0 Å². The van der Waals surface area contributed by atoms with Gasteiger partial charge in [-0.2, -0.15) is 0 Å². The molecule has 4 bridgehead atoms. The molecule has 0 atom stereocenters. The van der Waals surface area contributed by atoms with Gasteiger partial charge in [-0.25, -0.2) is 0 Å². The first kappa shape index (κ1) is 23.9. The average molecular weight is 469 g/mol. The van der Waals surface area contributed by atoms with Gasteiger partial charge < -0.3 is 28.4 Å². The zero-order valence-electron chi connectivity index (χ0n) is 20.7. The first-order valence-electron chi connectivity index (χ1n) is 12.1. The number of ether oxygens (including phenoxy) is 6. The summed E-state index contributed by atoms with van der Waals surface area (Å²) >= 11 is 0. The minimum absolute atomic E-state index is 0.0471. The fourth-order valence-corrected chi connectivity index (χ4v) is 4.47. The van der Waals surface area contributed by atoms with Crippen molar-refractivity contribution in [2.45, 2.75) is 52.5 Å². The maximum absolute atomic E-state index is 6.37. The first-order valence-corrected chi connectivity index (χ1v) is 12.1. The van der Waals surface area contributed by atoms with E-state index in [0.717, 1.165) is 22.3 Å². The van der Waals surface area contributed by atoms with Gasteiger partial charge in [0.15, 0.2) is 0 Å². The predicted octanol–water partition coefficient (Wildman–Crippen LogP) is 4.89. The number of benzene rings is 2. The Morgan fingerprint density at radius 1 is 0.529 bits per heavy atom. The Morgan fingerprint density at radius 3 is 1.29 bits per heavy atom. The van der Waals surface area contributed by atoms with Gasteiger partial charge in [0.05, 0.1) is 39.6 Å². The van der Waals surface area contributed by atoms with E-state index in [-0.39, 0.29) is 10.8 Å². The van der Waals surface area contributed by atoms with E-state index < -0.39 is 11.6 Å². The number of fused-ring (bicyclic) bond motifs is 6. The molecule has 0 radical (unpaired) electrons. The van der Waals surface area contributed by atoms with E-state index in [1.54, 1.807) is 0 Å². The normalized spacial score (nSPS) is 25.5. The highest BCUT2D eigenvalue weighted by Gasteiger charge is 2.45. The molecular formula is C28H36O6. The molecule has 0 aromatic heterocycles. The lowest BCUT2D eigenvalue weighted by Gasteiger charge is -2.44. The third-order valence-corrected chi connectivity index (χ3v) is 6.66. The fourth-order valence-electron chi connectivity index (χ4n) is 4.47. The van der Waals surface area contributed by atoms with Gasteiger partial charge in [0.2, 0.25) is 11.6 Å². The van der Waals surface area contributed by atoms with E-state index in [2.05, 4.69) is 45.9 Å². The lowest BCUT2D eigenvalue weighted by atomic mass is 9.92. The van der Waals surface area contributed by atoms with Crippen LogP contribution in [0.25, 0.3) is 0 Å². The number of hydrogen-bond donors (Lipinski definition) is 0. The molecule has 2 aromatic rings. The van der Waals surface area contributed by atoms with E-state index >= 15 is 0 Å². The van der Waals surface area contributed by atoms with Gasteiger partial charge in [-0.3, -0.25) is 0 Å². The Balaban J connectivity index is 1.50. The largest absolute Gasteiger partial charge is 0.371 e. The van der Waals surface area contributed by atoms with Gasteiger partial charge >= 0.3 is 0 Å². The summed E-state index contributed by atoms with van der Waals surface area (Å²) in [4.78, 5) is 0. The van der Waals surface area contributed by atoms with Crippen LogP contribution in [0.5, 0.6) is 0 Å². The van der Waals surface area contributed by atoms with Gasteiger partial charge in [0.25, 0.3) is 0 Å². The Kier molecular flexibility index (Phi) is 6.34. The van der Waals surface area contributed by atoms with Crippen LogP contribution in [0.15, 0.2) is 48.5 Å². The summed E-state index contributed by atoms with van der Waals surface area (Å²) in [6, 6.07) is 16.4. The molecule has 6 nitrogen and oxygen atoms in total. The van der Waals surface area contributed by atoms with E-state index in [1.807, 2.05) is 30.3 Å². The third-order valence-electron chi connectivity index (χ3n) is 6.66. The summed E-state index contributed by atoms with van der Waals surface area (Å²) < 4.78 is 37.8. The zero-order valence-corrected chi connectivity index (χ0v) is 20.7. The van der Waals surface area contributed by atoms with Crippen LogP contribution >= 0.6 is 0 Å². The van der Waals surface area contributed by atoms with Gasteiger partial charge in [-0.1, -0.05) is 76.2 Å². The van der Waals surface area contributed by atoms with Crippen molar-refractivity contribution in [3.63, 3.8) is 0 Å². The van der Waals surface area contributed by atoms with Crippen molar-refractivity contribution in [3.8, 4) is 0 Å². The minimum Gasteiger partial charge on any atom is -0.371 e. The molecule has 0 amide bonds. The van der Waals surface area contributed by atoms with Crippen LogP contribution < -0.4 is 0 Å². The van der Waals surface area contributed by atoms with Crippen molar-refractivity contribution in [2.75, 3.05) is 39.6 Å². The van der Waals surface area contributed by atoms with Crippen LogP contribution in [0.1, 0.15) is 49.9 Å². The molecule has 184 valence electrons. The fraction of sp³-hybridized carbons (Fsp3) is 0.571. The molecule has 6 heteroatoms. The summed E-state index contributed by atoms with van der Waals surface area (Å²) in [5, 5.41) is 0. The second kappa shape index (κ2) is 9.01. The second-order valence-corrected chi connectivity index (χ2v) is 11.4. The van der Waals surface area contributed by atoms with E-state index in [4.69, 9.17) is 28.4 Å². The monoisotopic (exact) mass is 468 g/mol. The standard InChI is InChI=1S/C28H36O6/c1-25(2)15-31-27(32-16-25)19-29-13-21-6-5-7-22(12-21)14-30-20-28(24-10-8-23(27)9-11-24)33-17-26(3,4)18-34-28/h5-12H,13-20H2,1-4H3. The molecule has 0 saturated carbocycles. The molecule has 2 spiro atoms. The maximum atomic E-state index is 6.37. The summed E-state index contributed by atoms with van der Waals surface area (Å²) in [7, 11) is 0. The molecule has 4 aliphatic rings. The minimum atomic E-state index is -0.953. The van der Waals surface area contributed by atoms with Gasteiger partial charge in [0.1, 0.15) is 13.2 Å². The quantitative estimate of drug-likeness (QED) is 0.549. The Hall–Kier alpha value is -1.80. The van der Waals surface area contributed by atoms with Crippen LogP contribution in [0.4, 0.5) is 0 Å². The summed E-state index contributed by atoms with van der Waals surface area (Å²) in [5.41, 5.74) is 3.91. The summed E-state index contributed by atoms with van der Waals surface area (Å²) in [6.07, 6.45) is 0. The second-order valence-electron chi connectivity index (χ2n) is 11.4. The molecule has 0 unspecified atom stereocenters. The molecule has 0 aliphatic carbocycles. The summed E-state index contributed by atoms with van der Waals surface area (Å²) in [5.74, 6) is -1.91. The average Bonchev–Trinajstić information content (AvgIpc) is 2.82. The van der Waals surface area contributed by atoms with Crippen LogP contribution in [0.2, 0.25) is 0 Å². The van der Waals surface area contributed by atoms with Crippen LogP contribution in [-0.4, -0.2) is 39.6 Å². The smallest absolute Gasteiger partial charge is 0.219 e. The highest BCUT2D eigenvalue weighted by molar-refractivity contribution is 5.30. The lowest BCUT2D eigenvalue weighted by Crippen LogP contribution is -2.49. The third kappa shape index (κ3) is 4.94. The molecule has 34 heavy (non-hydrogen) atoms. The van der Waals surface area contributed by atoms with Crippen LogP contribution in [0.3, 0.4) is 0 Å². The Bertz CT molecular complexity index is 900. The van der Waals surface area contributed by atoms with Crippen LogP contribution in [0, 0.1) is 10.8 Å². The molecule has 4 aliphatic heterocycles. The molecule has 2 fully saturated rings. The van der Waals surface area contributed by atoms with E-state index in [9.17, 15) is 0 Å². The maximum Gasteiger partial charge on any atom is 0.219 e. The predicted molar refractivity (Wildman–Crippen MR) is 127 cm³/mol. The molecule has 0 N–H and O–H groups in total. The Labute approximate surface area is 202 Å². The lowest BCUT2D eigenvalue weighted by molar-refractivity contribution is -0.327. The summed E-state index contributed by atoms with van der Waals surface area (Å²) in [6.45, 7) is 12.5. The highest BCUT2D eigenvalue weighted by atomic mass is 16.7. The molecule has 6 rings (SSSR count). The zero-order chi connectivity index (χ0) is 23.9. The van der Waals surface area contributed by atoms with E-state index in [0.29, 0.717) is 52.9 Å². The van der Waals surface area contributed by atoms with E-state index in [1.165, 1.54) is 0 Å². The van der Waals surface area contributed by atoms with Gasteiger partial charge in [-0.15, -0.1) is 0 Å². The molecular weight excluding hydrogens is 432 g/mol. The topological polar surface area (TPSA) is 55.4 Å². The SMILES string of the molecule is CC1(C)COC2(COCc3cccc(c3)COCC3(OCC(C)(C)CO3)c3ccc2cc3)OC1. The molecule has 2 aromatic carbocycles. The number of rotatable bonds is 0. The van der Waals surface area contributed by atoms with Crippen molar-refractivity contribution in [1.29, 1.82) is 0 Å². The van der Waals surface area contributed by atoms with Gasteiger partial charge in [0, 0.05) is 22.0 Å². The first-order chi connectivity index (χ1) is 16.2. The van der Waals surface area contributed by atoms with Crippen LogP contribution in [-0.2, 0) is 53.2 Å². The molecule has 2 saturated heterocycles. The van der Waals surface area contributed by atoms with Crippen molar-refractivity contribution in [3.05, 3.63) is 70.8 Å². The highest BCUT2D eigenvalue weighted by Crippen LogP contribution is 2.40. The van der Waals surface area contributed by atoms with Gasteiger partial charge in [-0.05, 0) is 11.1 Å². The Morgan fingerprint density at radius 2 is 0.912 bits per heavy atom. The van der Waals surface area contributed by atoms with Crippen molar-refractivity contribution in [1.82, 2.24) is 0 Å².